The predicted molar refractivity (Wildman–Crippen MR) is 91.1 cm³/mol. The predicted octanol–water partition coefficient (Wildman–Crippen LogP) is 1.89. The van der Waals surface area contributed by atoms with Crippen LogP contribution in [0, 0.1) is 5.92 Å². The van der Waals surface area contributed by atoms with Crippen molar-refractivity contribution in [2.24, 2.45) is 5.92 Å². The molecular weight excluding hydrogens is 308 g/mol. The molecule has 0 radical (unpaired) electrons. The SMILES string of the molecule is COc1ccccc1OCC(=O)NCCNC(=O)C1CCCCC1. The van der Waals surface area contributed by atoms with Crippen LogP contribution in [0.25, 0.3) is 0 Å². The highest BCUT2D eigenvalue weighted by Crippen LogP contribution is 2.25. The summed E-state index contributed by atoms with van der Waals surface area (Å²) in [6.45, 7) is 0.749. The first-order valence-electron chi connectivity index (χ1n) is 8.51. The van der Waals surface area contributed by atoms with Gasteiger partial charge in [0.15, 0.2) is 18.1 Å². The van der Waals surface area contributed by atoms with E-state index in [0.29, 0.717) is 24.6 Å². The summed E-state index contributed by atoms with van der Waals surface area (Å²) >= 11 is 0. The monoisotopic (exact) mass is 334 g/mol. The lowest BCUT2D eigenvalue weighted by molar-refractivity contribution is -0.126. The first-order valence-corrected chi connectivity index (χ1v) is 8.51. The fraction of sp³-hybridized carbons (Fsp3) is 0.556. The molecule has 0 atom stereocenters. The molecule has 0 saturated heterocycles. The van der Waals surface area contributed by atoms with Crippen molar-refractivity contribution >= 4 is 11.8 Å². The summed E-state index contributed by atoms with van der Waals surface area (Å²) in [5.41, 5.74) is 0. The highest BCUT2D eigenvalue weighted by Gasteiger charge is 2.20. The van der Waals surface area contributed by atoms with Crippen LogP contribution in [0.15, 0.2) is 24.3 Å². The fourth-order valence-corrected chi connectivity index (χ4v) is 2.83. The number of amides is 2. The molecule has 0 spiro atoms. The maximum Gasteiger partial charge on any atom is 0.258 e. The van der Waals surface area contributed by atoms with Gasteiger partial charge in [-0.2, -0.15) is 0 Å². The van der Waals surface area contributed by atoms with E-state index >= 15 is 0 Å². The van der Waals surface area contributed by atoms with Crippen molar-refractivity contribution in [2.75, 3.05) is 26.8 Å². The number of methoxy groups -OCH3 is 1. The number of hydrogen-bond acceptors (Lipinski definition) is 4. The van der Waals surface area contributed by atoms with E-state index in [1.54, 1.807) is 19.2 Å². The van der Waals surface area contributed by atoms with E-state index in [9.17, 15) is 9.59 Å². The van der Waals surface area contributed by atoms with Gasteiger partial charge in [0.2, 0.25) is 5.91 Å². The van der Waals surface area contributed by atoms with Crippen molar-refractivity contribution in [2.45, 2.75) is 32.1 Å². The van der Waals surface area contributed by atoms with Crippen LogP contribution in [0.2, 0.25) is 0 Å². The molecule has 0 aromatic heterocycles. The Kier molecular flexibility index (Phi) is 7.39. The number of ether oxygens (including phenoxy) is 2. The summed E-state index contributed by atoms with van der Waals surface area (Å²) in [6.07, 6.45) is 5.45. The number of para-hydroxylation sites is 2. The minimum atomic E-state index is -0.229. The molecule has 2 N–H and O–H groups in total. The van der Waals surface area contributed by atoms with Crippen molar-refractivity contribution in [1.29, 1.82) is 0 Å². The van der Waals surface area contributed by atoms with E-state index in [0.717, 1.165) is 25.7 Å². The van der Waals surface area contributed by atoms with Crippen molar-refractivity contribution in [3.8, 4) is 11.5 Å². The van der Waals surface area contributed by atoms with Gasteiger partial charge in [0.05, 0.1) is 7.11 Å². The van der Waals surface area contributed by atoms with Crippen LogP contribution < -0.4 is 20.1 Å². The number of rotatable bonds is 8. The molecule has 24 heavy (non-hydrogen) atoms. The normalized spacial score (nSPS) is 14.7. The van der Waals surface area contributed by atoms with E-state index < -0.39 is 0 Å². The first-order chi connectivity index (χ1) is 11.7. The Morgan fingerprint density at radius 3 is 2.42 bits per heavy atom. The molecule has 0 unspecified atom stereocenters. The lowest BCUT2D eigenvalue weighted by Gasteiger charge is -2.20. The van der Waals surface area contributed by atoms with Gasteiger partial charge in [-0.25, -0.2) is 0 Å². The lowest BCUT2D eigenvalue weighted by Crippen LogP contribution is -2.39. The van der Waals surface area contributed by atoms with E-state index in [1.807, 2.05) is 12.1 Å². The Morgan fingerprint density at radius 2 is 1.71 bits per heavy atom. The summed E-state index contributed by atoms with van der Waals surface area (Å²) in [5.74, 6) is 1.14. The second-order valence-electron chi connectivity index (χ2n) is 5.92. The average molecular weight is 334 g/mol. The van der Waals surface area contributed by atoms with Crippen LogP contribution in [0.3, 0.4) is 0 Å². The van der Waals surface area contributed by atoms with Crippen LogP contribution in [0.1, 0.15) is 32.1 Å². The van der Waals surface area contributed by atoms with Gasteiger partial charge in [0.1, 0.15) is 0 Å². The fourth-order valence-electron chi connectivity index (χ4n) is 2.83. The minimum absolute atomic E-state index is 0.0864. The van der Waals surface area contributed by atoms with Gasteiger partial charge >= 0.3 is 0 Å². The Balaban J connectivity index is 1.60. The Hall–Kier alpha value is -2.24. The molecule has 1 aromatic carbocycles. The number of benzene rings is 1. The van der Waals surface area contributed by atoms with Crippen molar-refractivity contribution < 1.29 is 19.1 Å². The van der Waals surface area contributed by atoms with Crippen LogP contribution in [0.5, 0.6) is 11.5 Å². The first kappa shape index (κ1) is 18.1. The number of carbonyl (C=O) groups excluding carboxylic acids is 2. The molecule has 2 amide bonds. The molecule has 6 heteroatoms. The Bertz CT molecular complexity index is 542. The average Bonchev–Trinajstić information content (AvgIpc) is 2.64. The van der Waals surface area contributed by atoms with Gasteiger partial charge < -0.3 is 20.1 Å². The van der Waals surface area contributed by atoms with E-state index in [1.165, 1.54) is 6.42 Å². The second-order valence-corrected chi connectivity index (χ2v) is 5.92. The van der Waals surface area contributed by atoms with Crippen LogP contribution in [-0.2, 0) is 9.59 Å². The largest absolute Gasteiger partial charge is 0.493 e. The number of carbonyl (C=O) groups is 2. The third kappa shape index (κ3) is 5.76. The smallest absolute Gasteiger partial charge is 0.258 e. The molecule has 1 aliphatic rings. The zero-order valence-corrected chi connectivity index (χ0v) is 14.2. The van der Waals surface area contributed by atoms with E-state index in [2.05, 4.69) is 10.6 Å². The van der Waals surface area contributed by atoms with Crippen molar-refractivity contribution in [3.05, 3.63) is 24.3 Å². The quantitative estimate of drug-likeness (QED) is 0.712. The van der Waals surface area contributed by atoms with Gasteiger partial charge in [0.25, 0.3) is 5.91 Å². The summed E-state index contributed by atoms with van der Waals surface area (Å²) in [6, 6.07) is 7.17. The molecule has 0 bridgehead atoms. The highest BCUT2D eigenvalue weighted by molar-refractivity contribution is 5.79. The third-order valence-electron chi connectivity index (χ3n) is 4.15. The summed E-state index contributed by atoms with van der Waals surface area (Å²) in [7, 11) is 1.55. The molecule has 1 aromatic rings. The summed E-state index contributed by atoms with van der Waals surface area (Å²) in [4.78, 5) is 23.7. The molecule has 0 heterocycles. The molecule has 1 aliphatic carbocycles. The van der Waals surface area contributed by atoms with Crippen molar-refractivity contribution in [1.82, 2.24) is 10.6 Å². The summed E-state index contributed by atoms with van der Waals surface area (Å²) < 4.78 is 10.6. The maximum absolute atomic E-state index is 12.0. The molecular formula is C18H26N2O4. The molecule has 1 saturated carbocycles. The maximum atomic E-state index is 12.0. The van der Waals surface area contributed by atoms with Crippen molar-refractivity contribution in [3.63, 3.8) is 0 Å². The minimum Gasteiger partial charge on any atom is -0.493 e. The Labute approximate surface area is 142 Å². The molecule has 2 rings (SSSR count). The van der Waals surface area contributed by atoms with Gasteiger partial charge in [0, 0.05) is 19.0 Å². The zero-order valence-electron chi connectivity index (χ0n) is 14.2. The van der Waals surface area contributed by atoms with Crippen LogP contribution in [0.4, 0.5) is 0 Å². The van der Waals surface area contributed by atoms with E-state index in [-0.39, 0.29) is 24.3 Å². The molecule has 6 nitrogen and oxygen atoms in total. The number of hydrogen-bond donors (Lipinski definition) is 2. The van der Waals surface area contributed by atoms with Gasteiger partial charge in [-0.1, -0.05) is 31.4 Å². The van der Waals surface area contributed by atoms with Gasteiger partial charge in [-0.15, -0.1) is 0 Å². The van der Waals surface area contributed by atoms with Crippen LogP contribution >= 0.6 is 0 Å². The van der Waals surface area contributed by atoms with Gasteiger partial charge in [-0.3, -0.25) is 9.59 Å². The standard InChI is InChI=1S/C18H26N2O4/c1-23-15-9-5-6-10-16(15)24-13-17(21)19-11-12-20-18(22)14-7-3-2-4-8-14/h5-6,9-10,14H,2-4,7-8,11-13H2,1H3,(H,19,21)(H,20,22). The van der Waals surface area contributed by atoms with Gasteiger partial charge in [-0.05, 0) is 25.0 Å². The zero-order chi connectivity index (χ0) is 17.2. The molecule has 1 fully saturated rings. The molecule has 132 valence electrons. The second kappa shape index (κ2) is 9.80. The lowest BCUT2D eigenvalue weighted by atomic mass is 9.89. The number of nitrogens with one attached hydrogen (secondary N) is 2. The molecule has 0 aliphatic heterocycles. The summed E-state index contributed by atoms with van der Waals surface area (Å²) in [5, 5.41) is 5.61. The Morgan fingerprint density at radius 1 is 1.04 bits per heavy atom. The highest BCUT2D eigenvalue weighted by atomic mass is 16.5. The topological polar surface area (TPSA) is 76.7 Å². The van der Waals surface area contributed by atoms with Crippen LogP contribution in [-0.4, -0.2) is 38.6 Å². The third-order valence-corrected chi connectivity index (χ3v) is 4.15. The van der Waals surface area contributed by atoms with E-state index in [4.69, 9.17) is 9.47 Å².